The monoisotopic (exact) mass is 374 g/mol. The first-order chi connectivity index (χ1) is 10.0. The molecule has 0 amide bonds. The van der Waals surface area contributed by atoms with E-state index in [2.05, 4.69) is 21.2 Å². The normalized spacial score (nSPS) is 26.6. The molecule has 3 rings (SSSR count). The zero-order valence-electron chi connectivity index (χ0n) is 11.9. The van der Waals surface area contributed by atoms with Crippen molar-refractivity contribution in [3.63, 3.8) is 0 Å². The van der Waals surface area contributed by atoms with Crippen molar-refractivity contribution in [3.05, 3.63) is 22.7 Å². The molecule has 2 atom stereocenters. The van der Waals surface area contributed by atoms with Crippen LogP contribution in [0.4, 0.5) is 0 Å². The van der Waals surface area contributed by atoms with Crippen LogP contribution in [0.2, 0.25) is 0 Å². The summed E-state index contributed by atoms with van der Waals surface area (Å²) in [5, 5.41) is 3.31. The smallest absolute Gasteiger partial charge is 0.247 e. The Morgan fingerprint density at radius 2 is 2.19 bits per heavy atom. The third kappa shape index (κ3) is 2.72. The van der Waals surface area contributed by atoms with E-state index in [-0.39, 0.29) is 10.9 Å². The van der Waals surface area contributed by atoms with Crippen molar-refractivity contribution in [2.75, 3.05) is 26.7 Å². The number of rotatable bonds is 3. The highest BCUT2D eigenvalue weighted by Gasteiger charge is 2.42. The molecule has 2 aliphatic rings. The summed E-state index contributed by atoms with van der Waals surface area (Å²) in [6.07, 6.45) is 2.01. The van der Waals surface area contributed by atoms with Crippen molar-refractivity contribution in [2.45, 2.75) is 23.8 Å². The summed E-state index contributed by atoms with van der Waals surface area (Å²) in [5.74, 6) is 0.818. The summed E-state index contributed by atoms with van der Waals surface area (Å²) in [5.41, 5.74) is 0. The molecule has 2 aliphatic heterocycles. The SMILES string of the molecule is COc1ccc(Br)cc1S(=O)(=O)N1CCCC2CNCC21. The Morgan fingerprint density at radius 1 is 1.38 bits per heavy atom. The molecule has 116 valence electrons. The lowest BCUT2D eigenvalue weighted by molar-refractivity contribution is 0.217. The summed E-state index contributed by atoms with van der Waals surface area (Å²) >= 11 is 3.35. The zero-order valence-corrected chi connectivity index (χ0v) is 14.3. The summed E-state index contributed by atoms with van der Waals surface area (Å²) in [6, 6.07) is 5.16. The van der Waals surface area contributed by atoms with E-state index in [1.54, 1.807) is 22.5 Å². The van der Waals surface area contributed by atoms with Crippen molar-refractivity contribution in [1.82, 2.24) is 9.62 Å². The van der Waals surface area contributed by atoms with Gasteiger partial charge in [0.1, 0.15) is 10.6 Å². The van der Waals surface area contributed by atoms with E-state index in [9.17, 15) is 8.42 Å². The lowest BCUT2D eigenvalue weighted by atomic mass is 9.94. The van der Waals surface area contributed by atoms with Crippen LogP contribution in [-0.2, 0) is 10.0 Å². The van der Waals surface area contributed by atoms with Crippen molar-refractivity contribution in [3.8, 4) is 5.75 Å². The number of benzene rings is 1. The number of ether oxygens (including phenoxy) is 1. The van der Waals surface area contributed by atoms with E-state index in [1.165, 1.54) is 7.11 Å². The second-order valence-corrected chi connectivity index (χ2v) is 8.31. The van der Waals surface area contributed by atoms with Crippen LogP contribution < -0.4 is 10.1 Å². The third-order valence-corrected chi connectivity index (χ3v) is 6.78. The van der Waals surface area contributed by atoms with Gasteiger partial charge in [-0.15, -0.1) is 0 Å². The van der Waals surface area contributed by atoms with Gasteiger partial charge in [-0.05, 0) is 43.5 Å². The van der Waals surface area contributed by atoms with Gasteiger partial charge in [-0.2, -0.15) is 4.31 Å². The van der Waals surface area contributed by atoms with Crippen LogP contribution >= 0.6 is 15.9 Å². The lowest BCUT2D eigenvalue weighted by Crippen LogP contribution is -2.48. The average molecular weight is 375 g/mol. The number of halogens is 1. The van der Waals surface area contributed by atoms with Crippen LogP contribution in [0.1, 0.15) is 12.8 Å². The second-order valence-electron chi connectivity index (χ2n) is 5.54. The number of fused-ring (bicyclic) bond motifs is 1. The minimum atomic E-state index is -3.54. The van der Waals surface area contributed by atoms with Gasteiger partial charge in [-0.25, -0.2) is 8.42 Å². The van der Waals surface area contributed by atoms with E-state index in [1.807, 2.05) is 0 Å². The van der Waals surface area contributed by atoms with Crippen molar-refractivity contribution in [1.29, 1.82) is 0 Å². The first-order valence-corrected chi connectivity index (χ1v) is 9.33. The highest BCUT2D eigenvalue weighted by Crippen LogP contribution is 2.35. The molecule has 1 aromatic rings. The first-order valence-electron chi connectivity index (χ1n) is 7.10. The highest BCUT2D eigenvalue weighted by atomic mass is 79.9. The number of methoxy groups -OCH3 is 1. The first kappa shape index (κ1) is 15.3. The van der Waals surface area contributed by atoms with Crippen molar-refractivity contribution in [2.24, 2.45) is 5.92 Å². The molecule has 7 heteroatoms. The maximum Gasteiger partial charge on any atom is 0.247 e. The standard InChI is InChI=1S/C14H19BrN2O3S/c1-20-13-5-4-11(15)7-14(13)21(18,19)17-6-2-3-10-8-16-9-12(10)17/h4-5,7,10,12,16H,2-3,6,8-9H2,1H3. The molecule has 2 heterocycles. The van der Waals surface area contributed by atoms with Crippen LogP contribution in [-0.4, -0.2) is 45.5 Å². The number of sulfonamides is 1. The van der Waals surface area contributed by atoms with Crippen LogP contribution in [0.15, 0.2) is 27.6 Å². The molecule has 0 aliphatic carbocycles. The van der Waals surface area contributed by atoms with Gasteiger partial charge in [-0.3, -0.25) is 0 Å². The van der Waals surface area contributed by atoms with Gasteiger partial charge in [0.05, 0.1) is 7.11 Å². The van der Waals surface area contributed by atoms with E-state index in [0.29, 0.717) is 18.2 Å². The fourth-order valence-electron chi connectivity index (χ4n) is 3.30. The van der Waals surface area contributed by atoms with Gasteiger partial charge < -0.3 is 10.1 Å². The molecule has 0 bridgehead atoms. The number of hydrogen-bond acceptors (Lipinski definition) is 4. The Kier molecular flexibility index (Phi) is 4.27. The third-order valence-electron chi connectivity index (χ3n) is 4.34. The second kappa shape index (κ2) is 5.87. The molecule has 0 saturated carbocycles. The molecule has 2 fully saturated rings. The van der Waals surface area contributed by atoms with Crippen molar-refractivity contribution < 1.29 is 13.2 Å². The van der Waals surface area contributed by atoms with E-state index in [0.717, 1.165) is 30.4 Å². The summed E-state index contributed by atoms with van der Waals surface area (Å²) in [6.45, 7) is 2.23. The minimum Gasteiger partial charge on any atom is -0.495 e. The molecule has 2 saturated heterocycles. The largest absolute Gasteiger partial charge is 0.495 e. The quantitative estimate of drug-likeness (QED) is 0.876. The summed E-state index contributed by atoms with van der Waals surface area (Å²) in [4.78, 5) is 0.243. The van der Waals surface area contributed by atoms with Gasteiger partial charge >= 0.3 is 0 Å². The van der Waals surface area contributed by atoms with E-state index < -0.39 is 10.0 Å². The van der Waals surface area contributed by atoms with Gasteiger partial charge in [0, 0.05) is 23.6 Å². The number of hydrogen-bond donors (Lipinski definition) is 1. The predicted molar refractivity (Wildman–Crippen MR) is 84.0 cm³/mol. The minimum absolute atomic E-state index is 0.0624. The van der Waals surface area contributed by atoms with Crippen LogP contribution in [0.3, 0.4) is 0 Å². The molecule has 1 aromatic carbocycles. The molecule has 0 aromatic heterocycles. The summed E-state index contributed by atoms with van der Waals surface area (Å²) in [7, 11) is -2.04. The Hall–Kier alpha value is -0.630. The molecular formula is C14H19BrN2O3S. The van der Waals surface area contributed by atoms with Gasteiger partial charge in [0.25, 0.3) is 0 Å². The number of nitrogens with zero attached hydrogens (tertiary/aromatic N) is 1. The fourth-order valence-corrected chi connectivity index (χ4v) is 5.72. The molecule has 2 unspecified atom stereocenters. The van der Waals surface area contributed by atoms with Gasteiger partial charge in [0.2, 0.25) is 10.0 Å². The molecule has 5 nitrogen and oxygen atoms in total. The Bertz CT molecular complexity index is 635. The molecule has 21 heavy (non-hydrogen) atoms. The van der Waals surface area contributed by atoms with Gasteiger partial charge in [0.15, 0.2) is 0 Å². The zero-order chi connectivity index (χ0) is 15.0. The maximum absolute atomic E-state index is 13.1. The van der Waals surface area contributed by atoms with E-state index >= 15 is 0 Å². The number of piperidine rings is 1. The average Bonchev–Trinajstić information content (AvgIpc) is 2.95. The van der Waals surface area contributed by atoms with Gasteiger partial charge in [-0.1, -0.05) is 15.9 Å². The van der Waals surface area contributed by atoms with E-state index in [4.69, 9.17) is 4.74 Å². The lowest BCUT2D eigenvalue weighted by Gasteiger charge is -2.36. The predicted octanol–water partition coefficient (Wildman–Crippen LogP) is 1.83. The molecule has 0 spiro atoms. The fraction of sp³-hybridized carbons (Fsp3) is 0.571. The number of nitrogens with one attached hydrogen (secondary N) is 1. The highest BCUT2D eigenvalue weighted by molar-refractivity contribution is 9.10. The van der Waals surface area contributed by atoms with Crippen LogP contribution in [0.5, 0.6) is 5.75 Å². The van der Waals surface area contributed by atoms with Crippen LogP contribution in [0, 0.1) is 5.92 Å². The molecule has 1 N–H and O–H groups in total. The summed E-state index contributed by atoms with van der Waals surface area (Å²) < 4.78 is 33.8. The Balaban J connectivity index is 2.02. The molecule has 0 radical (unpaired) electrons. The molecular weight excluding hydrogens is 356 g/mol. The Labute approximate surface area is 133 Å². The Morgan fingerprint density at radius 3 is 2.95 bits per heavy atom. The topological polar surface area (TPSA) is 58.6 Å². The maximum atomic E-state index is 13.1. The van der Waals surface area contributed by atoms with Crippen molar-refractivity contribution >= 4 is 26.0 Å². The van der Waals surface area contributed by atoms with Crippen LogP contribution in [0.25, 0.3) is 0 Å².